The fourth-order valence-corrected chi connectivity index (χ4v) is 8.62. The molecule has 0 N–H and O–H groups in total. The van der Waals surface area contributed by atoms with Crippen molar-refractivity contribution in [3.63, 3.8) is 0 Å². The number of nitrogens with zero attached hydrogens (tertiary/aromatic N) is 3. The van der Waals surface area contributed by atoms with E-state index in [-0.39, 0.29) is 0 Å². The minimum Gasteiger partial charge on any atom is -0.208 e. The number of benzene rings is 6. The maximum absolute atomic E-state index is 5.07. The minimum atomic E-state index is 0.670. The van der Waals surface area contributed by atoms with Crippen LogP contribution in [-0.2, 0) is 0 Å². The van der Waals surface area contributed by atoms with Crippen LogP contribution in [0.1, 0.15) is 0 Å². The molecule has 0 spiro atoms. The Kier molecular flexibility index (Phi) is 5.86. The van der Waals surface area contributed by atoms with Crippen LogP contribution < -0.4 is 0 Å². The van der Waals surface area contributed by atoms with Gasteiger partial charge in [-0.05, 0) is 12.1 Å². The van der Waals surface area contributed by atoms with Crippen molar-refractivity contribution in [1.82, 2.24) is 15.0 Å². The molecular formula is C39H23N3S2. The van der Waals surface area contributed by atoms with E-state index in [4.69, 9.17) is 15.0 Å². The Hall–Kier alpha value is -5.23. The van der Waals surface area contributed by atoms with Crippen molar-refractivity contribution in [3.8, 4) is 45.3 Å². The summed E-state index contributed by atoms with van der Waals surface area (Å²) in [5.41, 5.74) is 5.49. The summed E-state index contributed by atoms with van der Waals surface area (Å²) in [6.07, 6.45) is 0. The molecule has 0 unspecified atom stereocenters. The molecule has 0 saturated carbocycles. The van der Waals surface area contributed by atoms with Crippen LogP contribution in [0.5, 0.6) is 0 Å². The Balaban J connectivity index is 1.29. The van der Waals surface area contributed by atoms with Crippen LogP contribution in [0, 0.1) is 0 Å². The van der Waals surface area contributed by atoms with Gasteiger partial charge in [-0.25, -0.2) is 15.0 Å². The smallest absolute Gasteiger partial charge is 0.164 e. The predicted molar refractivity (Wildman–Crippen MR) is 187 cm³/mol. The van der Waals surface area contributed by atoms with E-state index in [2.05, 4.69) is 103 Å². The average molecular weight is 598 g/mol. The molecule has 6 aromatic carbocycles. The van der Waals surface area contributed by atoms with E-state index in [1.807, 2.05) is 59.1 Å². The van der Waals surface area contributed by atoms with Crippen molar-refractivity contribution < 1.29 is 0 Å². The summed E-state index contributed by atoms with van der Waals surface area (Å²) in [6.45, 7) is 0. The van der Waals surface area contributed by atoms with Gasteiger partial charge in [-0.2, -0.15) is 0 Å². The SMILES string of the molecule is c1ccc(-c2nc(-c3ccccc3)nc(-c3cccc4sc5c(-c6cccc7c6sc6ccccc67)cccc5c34)n2)cc1. The second kappa shape index (κ2) is 10.2. The summed E-state index contributed by atoms with van der Waals surface area (Å²) >= 11 is 3.72. The highest BCUT2D eigenvalue weighted by molar-refractivity contribution is 7.27. The molecule has 0 aliphatic heterocycles. The average Bonchev–Trinajstić information content (AvgIpc) is 3.68. The number of thiophene rings is 2. The second-order valence-electron chi connectivity index (χ2n) is 10.8. The van der Waals surface area contributed by atoms with E-state index in [1.54, 1.807) is 0 Å². The third kappa shape index (κ3) is 4.05. The third-order valence-electron chi connectivity index (χ3n) is 8.16. The molecule has 0 bridgehead atoms. The minimum absolute atomic E-state index is 0.670. The maximum atomic E-state index is 5.07. The van der Waals surface area contributed by atoms with Crippen molar-refractivity contribution in [2.75, 3.05) is 0 Å². The molecule has 3 aromatic heterocycles. The van der Waals surface area contributed by atoms with Gasteiger partial charge in [-0.3, -0.25) is 0 Å². The van der Waals surface area contributed by atoms with Gasteiger partial charge in [0.2, 0.25) is 0 Å². The van der Waals surface area contributed by atoms with Crippen LogP contribution in [0.25, 0.3) is 85.6 Å². The molecule has 5 heteroatoms. The van der Waals surface area contributed by atoms with Gasteiger partial charge in [-0.1, -0.05) is 127 Å². The van der Waals surface area contributed by atoms with Crippen molar-refractivity contribution in [1.29, 1.82) is 0 Å². The normalized spacial score (nSPS) is 11.6. The van der Waals surface area contributed by atoms with Crippen LogP contribution in [0.2, 0.25) is 0 Å². The zero-order valence-corrected chi connectivity index (χ0v) is 25.1. The van der Waals surface area contributed by atoms with Crippen LogP contribution in [0.3, 0.4) is 0 Å². The first-order valence-corrected chi connectivity index (χ1v) is 16.2. The van der Waals surface area contributed by atoms with Gasteiger partial charge in [0.15, 0.2) is 17.5 Å². The zero-order chi connectivity index (χ0) is 29.0. The molecule has 44 heavy (non-hydrogen) atoms. The predicted octanol–water partition coefficient (Wildman–Crippen LogP) is 11.3. The van der Waals surface area contributed by atoms with Crippen LogP contribution in [0.15, 0.2) is 140 Å². The maximum Gasteiger partial charge on any atom is 0.164 e. The van der Waals surface area contributed by atoms with Crippen molar-refractivity contribution in [3.05, 3.63) is 140 Å². The van der Waals surface area contributed by atoms with E-state index < -0.39 is 0 Å². The van der Waals surface area contributed by atoms with Crippen LogP contribution in [0.4, 0.5) is 0 Å². The lowest BCUT2D eigenvalue weighted by molar-refractivity contribution is 1.08. The van der Waals surface area contributed by atoms with Gasteiger partial charge in [-0.15, -0.1) is 22.7 Å². The Morgan fingerprint density at radius 1 is 0.341 bits per heavy atom. The Bertz CT molecular complexity index is 2440. The molecule has 0 radical (unpaired) electrons. The van der Waals surface area contributed by atoms with Gasteiger partial charge < -0.3 is 0 Å². The van der Waals surface area contributed by atoms with Crippen molar-refractivity contribution in [2.45, 2.75) is 0 Å². The topological polar surface area (TPSA) is 38.7 Å². The van der Waals surface area contributed by atoms with Gasteiger partial charge >= 0.3 is 0 Å². The molecule has 9 rings (SSSR count). The van der Waals surface area contributed by atoms with Gasteiger partial charge in [0.25, 0.3) is 0 Å². The summed E-state index contributed by atoms with van der Waals surface area (Å²) in [5.74, 6) is 2.02. The zero-order valence-electron chi connectivity index (χ0n) is 23.4. The van der Waals surface area contributed by atoms with E-state index >= 15 is 0 Å². The molecule has 0 aliphatic carbocycles. The summed E-state index contributed by atoms with van der Waals surface area (Å²) in [7, 11) is 0. The molecule has 0 aliphatic rings. The fraction of sp³-hybridized carbons (Fsp3) is 0. The first kappa shape index (κ1) is 25.3. The lowest BCUT2D eigenvalue weighted by Gasteiger charge is -2.10. The molecule has 0 atom stereocenters. The Labute approximate surface area is 261 Å². The highest BCUT2D eigenvalue weighted by Gasteiger charge is 2.19. The van der Waals surface area contributed by atoms with Gasteiger partial charge in [0, 0.05) is 68.2 Å². The molecule has 0 amide bonds. The fourth-order valence-electron chi connectivity index (χ4n) is 6.13. The van der Waals surface area contributed by atoms with Crippen LogP contribution >= 0.6 is 22.7 Å². The molecule has 3 nitrogen and oxygen atoms in total. The first-order chi connectivity index (χ1) is 21.8. The molecule has 206 valence electrons. The molecule has 3 heterocycles. The lowest BCUT2D eigenvalue weighted by atomic mass is 9.99. The number of rotatable bonds is 4. The van der Waals surface area contributed by atoms with Crippen LogP contribution in [-0.4, -0.2) is 15.0 Å². The summed E-state index contributed by atoms with van der Waals surface area (Å²) in [6, 6.07) is 48.9. The summed E-state index contributed by atoms with van der Waals surface area (Å²) in [4.78, 5) is 15.0. The van der Waals surface area contributed by atoms with E-state index in [0.717, 1.165) is 16.7 Å². The first-order valence-electron chi connectivity index (χ1n) is 14.5. The van der Waals surface area contributed by atoms with E-state index in [9.17, 15) is 0 Å². The Morgan fingerprint density at radius 3 is 1.52 bits per heavy atom. The van der Waals surface area contributed by atoms with Gasteiger partial charge in [0.1, 0.15) is 0 Å². The molecular weight excluding hydrogens is 575 g/mol. The third-order valence-corrected chi connectivity index (χ3v) is 10.6. The molecule has 9 aromatic rings. The summed E-state index contributed by atoms with van der Waals surface area (Å²) in [5, 5.41) is 5.04. The lowest BCUT2D eigenvalue weighted by Crippen LogP contribution is -2.00. The summed E-state index contributed by atoms with van der Waals surface area (Å²) < 4.78 is 5.15. The number of hydrogen-bond acceptors (Lipinski definition) is 5. The number of hydrogen-bond donors (Lipinski definition) is 0. The van der Waals surface area contributed by atoms with Crippen molar-refractivity contribution >= 4 is 63.0 Å². The van der Waals surface area contributed by atoms with Crippen molar-refractivity contribution in [2.24, 2.45) is 0 Å². The monoisotopic (exact) mass is 597 g/mol. The number of aromatic nitrogens is 3. The highest BCUT2D eigenvalue weighted by atomic mass is 32.1. The van der Waals surface area contributed by atoms with E-state index in [0.29, 0.717) is 17.5 Å². The Morgan fingerprint density at radius 2 is 0.818 bits per heavy atom. The quantitative estimate of drug-likeness (QED) is 0.203. The standard InChI is InChI=1S/C39H23N3S2/c1-3-12-24(13-4-1)37-40-38(25-14-5-2-6-15-25)42-39(41-37)31-21-11-23-33-34(31)30-20-10-19-29(36(30)44-33)28-18-9-17-27-26-16-7-8-22-32(26)43-35(27)28/h1-23H. The largest absolute Gasteiger partial charge is 0.208 e. The number of fused-ring (bicyclic) bond motifs is 6. The van der Waals surface area contributed by atoms with Gasteiger partial charge in [0.05, 0.1) is 0 Å². The highest BCUT2D eigenvalue weighted by Crippen LogP contribution is 2.46. The molecule has 0 fully saturated rings. The second-order valence-corrected chi connectivity index (χ2v) is 12.9. The molecule has 0 saturated heterocycles. The van der Waals surface area contributed by atoms with E-state index in [1.165, 1.54) is 51.5 Å².